The summed E-state index contributed by atoms with van der Waals surface area (Å²) in [6.45, 7) is 3.90. The van der Waals surface area contributed by atoms with Crippen molar-refractivity contribution >= 4 is 34.2 Å². The molecule has 5 rings (SSSR count). The monoisotopic (exact) mass is 530 g/mol. The lowest BCUT2D eigenvalue weighted by atomic mass is 10.1. The van der Waals surface area contributed by atoms with Gasteiger partial charge in [-0.1, -0.05) is 47.7 Å². The average Bonchev–Trinajstić information content (AvgIpc) is 3.64. The number of anilines is 2. The number of nitrogens with one attached hydrogen (secondary N) is 3. The second-order valence-electron chi connectivity index (χ2n) is 9.25. The van der Waals surface area contributed by atoms with Crippen molar-refractivity contribution in [3.63, 3.8) is 0 Å². The van der Waals surface area contributed by atoms with Crippen molar-refractivity contribution in [3.8, 4) is 16.3 Å². The number of ether oxygens (including phenoxy) is 1. The van der Waals surface area contributed by atoms with Crippen LogP contribution in [0.3, 0.4) is 0 Å². The molecule has 2 amide bonds. The van der Waals surface area contributed by atoms with Gasteiger partial charge in [-0.3, -0.25) is 4.79 Å². The molecule has 0 atom stereocenters. The fourth-order valence-corrected chi connectivity index (χ4v) is 4.65. The smallest absolute Gasteiger partial charge is 0.397 e. The van der Waals surface area contributed by atoms with E-state index in [0.29, 0.717) is 39.7 Å². The van der Waals surface area contributed by atoms with Crippen molar-refractivity contribution in [1.29, 1.82) is 0 Å². The Morgan fingerprint density at radius 2 is 1.82 bits per heavy atom. The van der Waals surface area contributed by atoms with E-state index in [2.05, 4.69) is 20.9 Å². The summed E-state index contributed by atoms with van der Waals surface area (Å²) in [6, 6.07) is 19.8. The first-order valence-corrected chi connectivity index (χ1v) is 13.1. The van der Waals surface area contributed by atoms with Crippen LogP contribution in [0, 0.1) is 19.7 Å². The number of rotatable bonds is 8. The van der Waals surface area contributed by atoms with Gasteiger partial charge in [0, 0.05) is 29.4 Å². The van der Waals surface area contributed by atoms with Crippen LogP contribution in [0.4, 0.5) is 20.0 Å². The van der Waals surface area contributed by atoms with Crippen LogP contribution < -0.4 is 20.7 Å². The lowest BCUT2D eigenvalue weighted by Crippen LogP contribution is -2.26. The normalized spacial score (nSPS) is 12.6. The second kappa shape index (κ2) is 11.0. The van der Waals surface area contributed by atoms with Crippen molar-refractivity contribution in [2.75, 3.05) is 5.32 Å². The highest BCUT2D eigenvalue weighted by Crippen LogP contribution is 2.40. The number of carbonyl (C=O) groups excluding carboxylic acids is 2. The van der Waals surface area contributed by atoms with Crippen molar-refractivity contribution in [2.45, 2.75) is 39.3 Å². The van der Waals surface area contributed by atoms with Gasteiger partial charge in [-0.05, 0) is 73.7 Å². The number of aromatic nitrogens is 1. The maximum Gasteiger partial charge on any atom is 0.413 e. The topological polar surface area (TPSA) is 92.3 Å². The molecule has 0 radical (unpaired) electrons. The molecule has 1 heterocycles. The Morgan fingerprint density at radius 3 is 2.55 bits per heavy atom. The van der Waals surface area contributed by atoms with E-state index in [0.717, 1.165) is 35.3 Å². The number of nitrogens with zero attached hydrogens (tertiary/aromatic N) is 1. The SMILES string of the molecule is Cc1cc(-c2nc(Nc3cc(C(=O)NC4CC4)ccc3C)sc2OC(=O)NCc2ccccc2)ccc1F. The number of aryl methyl sites for hydroxylation is 2. The van der Waals surface area contributed by atoms with Gasteiger partial charge in [0.1, 0.15) is 11.5 Å². The van der Waals surface area contributed by atoms with Crippen LogP contribution in [-0.4, -0.2) is 23.0 Å². The first kappa shape index (κ1) is 25.4. The first-order chi connectivity index (χ1) is 18.4. The molecule has 0 unspecified atom stereocenters. The van der Waals surface area contributed by atoms with Crippen LogP contribution in [0.2, 0.25) is 0 Å². The van der Waals surface area contributed by atoms with Gasteiger partial charge >= 0.3 is 6.09 Å². The molecule has 194 valence electrons. The van der Waals surface area contributed by atoms with E-state index < -0.39 is 6.09 Å². The molecule has 1 aliphatic rings. The Morgan fingerprint density at radius 1 is 1.03 bits per heavy atom. The van der Waals surface area contributed by atoms with Gasteiger partial charge in [0.2, 0.25) is 5.06 Å². The van der Waals surface area contributed by atoms with Gasteiger partial charge in [-0.2, -0.15) is 0 Å². The zero-order chi connectivity index (χ0) is 26.6. The molecular weight excluding hydrogens is 503 g/mol. The lowest BCUT2D eigenvalue weighted by molar-refractivity contribution is 0.0951. The minimum Gasteiger partial charge on any atom is -0.397 e. The number of thiazole rings is 1. The number of carbonyl (C=O) groups is 2. The summed E-state index contributed by atoms with van der Waals surface area (Å²) in [5.41, 5.74) is 4.60. The van der Waals surface area contributed by atoms with Gasteiger partial charge < -0.3 is 20.7 Å². The number of benzene rings is 3. The van der Waals surface area contributed by atoms with Gasteiger partial charge in [0.25, 0.3) is 5.91 Å². The Hall–Kier alpha value is -4.24. The molecule has 0 bridgehead atoms. The molecule has 0 saturated heterocycles. The van der Waals surface area contributed by atoms with Crippen molar-refractivity contribution in [1.82, 2.24) is 15.6 Å². The molecule has 3 N–H and O–H groups in total. The van der Waals surface area contributed by atoms with Gasteiger partial charge in [-0.15, -0.1) is 0 Å². The zero-order valence-corrected chi connectivity index (χ0v) is 21.8. The summed E-state index contributed by atoms with van der Waals surface area (Å²) >= 11 is 1.15. The third-order valence-electron chi connectivity index (χ3n) is 6.15. The molecule has 4 aromatic rings. The molecule has 7 nitrogen and oxygen atoms in total. The Bertz CT molecular complexity index is 1480. The minimum atomic E-state index is -0.626. The Balaban J connectivity index is 1.40. The predicted octanol–water partition coefficient (Wildman–Crippen LogP) is 6.49. The molecule has 38 heavy (non-hydrogen) atoms. The molecule has 3 aromatic carbocycles. The molecule has 1 saturated carbocycles. The lowest BCUT2D eigenvalue weighted by Gasteiger charge is -2.10. The van der Waals surface area contributed by atoms with Crippen molar-refractivity contribution in [2.24, 2.45) is 0 Å². The molecule has 1 aromatic heterocycles. The van der Waals surface area contributed by atoms with Crippen LogP contribution in [0.5, 0.6) is 5.06 Å². The fourth-order valence-electron chi connectivity index (χ4n) is 3.80. The minimum absolute atomic E-state index is 0.115. The number of halogens is 1. The summed E-state index contributed by atoms with van der Waals surface area (Å²) in [4.78, 5) is 29.9. The van der Waals surface area contributed by atoms with Crippen molar-refractivity contribution in [3.05, 3.63) is 94.8 Å². The highest BCUT2D eigenvalue weighted by atomic mass is 32.1. The summed E-state index contributed by atoms with van der Waals surface area (Å²) in [6.07, 6.45) is 1.39. The standard InChI is InChI=1S/C29H27FN4O3S/c1-17-8-9-21(26(35)32-22-11-12-22)15-24(17)33-28-34-25(20-10-13-23(30)18(2)14-20)27(38-28)37-29(36)31-16-19-6-4-3-5-7-19/h3-10,13-15,22H,11-12,16H2,1-2H3,(H,31,36)(H,32,35)(H,33,34). The molecule has 0 aliphatic heterocycles. The third kappa shape index (κ3) is 6.18. The third-order valence-corrected chi connectivity index (χ3v) is 7.00. The van der Waals surface area contributed by atoms with E-state index in [1.807, 2.05) is 43.3 Å². The first-order valence-electron chi connectivity index (χ1n) is 12.3. The Labute approximate surface area is 224 Å². The van der Waals surface area contributed by atoms with Crippen LogP contribution in [0.1, 0.15) is 39.9 Å². The summed E-state index contributed by atoms with van der Waals surface area (Å²) < 4.78 is 19.6. The van der Waals surface area contributed by atoms with E-state index in [-0.39, 0.29) is 22.8 Å². The second-order valence-corrected chi connectivity index (χ2v) is 10.2. The fraction of sp³-hybridized carbons (Fsp3) is 0.207. The highest BCUT2D eigenvalue weighted by molar-refractivity contribution is 7.18. The molecular formula is C29H27FN4O3S. The van der Waals surface area contributed by atoms with E-state index in [1.165, 1.54) is 6.07 Å². The highest BCUT2D eigenvalue weighted by Gasteiger charge is 2.24. The molecule has 0 spiro atoms. The summed E-state index contributed by atoms with van der Waals surface area (Å²) in [5, 5.41) is 9.75. The average molecular weight is 531 g/mol. The quantitative estimate of drug-likeness (QED) is 0.242. The molecule has 1 aliphatic carbocycles. The van der Waals surface area contributed by atoms with E-state index in [1.54, 1.807) is 31.2 Å². The van der Waals surface area contributed by atoms with E-state index >= 15 is 0 Å². The zero-order valence-electron chi connectivity index (χ0n) is 21.0. The molecule has 1 fully saturated rings. The largest absolute Gasteiger partial charge is 0.413 e. The van der Waals surface area contributed by atoms with Gasteiger partial charge in [0.15, 0.2) is 5.13 Å². The maximum atomic E-state index is 14.0. The van der Waals surface area contributed by atoms with Crippen LogP contribution in [0.15, 0.2) is 66.7 Å². The van der Waals surface area contributed by atoms with Crippen LogP contribution >= 0.6 is 11.3 Å². The van der Waals surface area contributed by atoms with E-state index in [4.69, 9.17) is 4.74 Å². The number of amides is 2. The Kier molecular flexibility index (Phi) is 7.37. The van der Waals surface area contributed by atoms with Crippen LogP contribution in [0.25, 0.3) is 11.3 Å². The predicted molar refractivity (Wildman–Crippen MR) is 147 cm³/mol. The van der Waals surface area contributed by atoms with Gasteiger partial charge in [-0.25, -0.2) is 14.2 Å². The van der Waals surface area contributed by atoms with Crippen molar-refractivity contribution < 1.29 is 18.7 Å². The number of hydrogen-bond acceptors (Lipinski definition) is 6. The van der Waals surface area contributed by atoms with Crippen LogP contribution in [-0.2, 0) is 6.54 Å². The van der Waals surface area contributed by atoms with Gasteiger partial charge in [0.05, 0.1) is 0 Å². The number of hydrogen-bond donors (Lipinski definition) is 3. The maximum absolute atomic E-state index is 14.0. The molecule has 9 heteroatoms. The summed E-state index contributed by atoms with van der Waals surface area (Å²) in [5.74, 6) is -0.446. The van der Waals surface area contributed by atoms with E-state index in [9.17, 15) is 14.0 Å². The summed E-state index contributed by atoms with van der Waals surface area (Å²) in [7, 11) is 0.